The minimum atomic E-state index is -0.365. The normalized spacial score (nSPS) is 20.0. The fraction of sp³-hybridized carbons (Fsp3) is 0.571. The molecule has 8 heteroatoms. The largest absolute Gasteiger partial charge is 0.372 e. The predicted octanol–water partition coefficient (Wildman–Crippen LogP) is 3.69. The van der Waals surface area contributed by atoms with Gasteiger partial charge in [0.2, 0.25) is 11.8 Å². The second-order valence-corrected chi connectivity index (χ2v) is 8.64. The van der Waals surface area contributed by atoms with Gasteiger partial charge in [0.1, 0.15) is 5.82 Å². The minimum Gasteiger partial charge on any atom is -0.372 e. The Balaban J connectivity index is 1.57. The van der Waals surface area contributed by atoms with E-state index in [2.05, 4.69) is 15.5 Å². The molecule has 1 aliphatic heterocycles. The zero-order chi connectivity index (χ0) is 21.2. The van der Waals surface area contributed by atoms with Crippen LogP contribution < -0.4 is 10.2 Å². The number of ether oxygens (including phenoxy) is 1. The van der Waals surface area contributed by atoms with Crippen LogP contribution in [0.15, 0.2) is 22.7 Å². The van der Waals surface area contributed by atoms with Crippen LogP contribution in [-0.4, -0.2) is 41.3 Å². The number of nitrogens with one attached hydrogen (secondary N) is 1. The molecule has 1 N–H and O–H groups in total. The third kappa shape index (κ3) is 5.53. The number of carbonyl (C=O) groups excluding carboxylic acids is 1. The molecule has 1 aromatic carbocycles. The molecular weight excluding hydrogens is 375 g/mol. The van der Waals surface area contributed by atoms with Crippen molar-refractivity contribution >= 4 is 17.3 Å². The molecule has 0 saturated carbocycles. The van der Waals surface area contributed by atoms with Crippen LogP contribution in [0.1, 0.15) is 52.8 Å². The Labute approximate surface area is 170 Å². The van der Waals surface area contributed by atoms with E-state index in [9.17, 15) is 9.18 Å². The lowest BCUT2D eigenvalue weighted by atomic mass is 9.96. The molecule has 1 saturated heterocycles. The maximum absolute atomic E-state index is 14.6. The number of benzene rings is 1. The molecule has 0 spiro atoms. The highest BCUT2D eigenvalue weighted by Gasteiger charge is 2.24. The van der Waals surface area contributed by atoms with E-state index in [0.717, 1.165) is 0 Å². The summed E-state index contributed by atoms with van der Waals surface area (Å²) < 4.78 is 25.5. The van der Waals surface area contributed by atoms with Gasteiger partial charge in [0.25, 0.3) is 0 Å². The number of hydrogen-bond donors (Lipinski definition) is 1. The number of anilines is 2. The van der Waals surface area contributed by atoms with E-state index in [1.165, 1.54) is 6.07 Å². The van der Waals surface area contributed by atoms with Gasteiger partial charge < -0.3 is 19.5 Å². The van der Waals surface area contributed by atoms with Crippen LogP contribution in [0.5, 0.6) is 0 Å². The van der Waals surface area contributed by atoms with Gasteiger partial charge in [0.15, 0.2) is 5.82 Å². The van der Waals surface area contributed by atoms with E-state index < -0.39 is 0 Å². The number of hydrogen-bond acceptors (Lipinski definition) is 6. The number of rotatable bonds is 5. The van der Waals surface area contributed by atoms with Crippen molar-refractivity contribution in [1.82, 2.24) is 10.1 Å². The summed E-state index contributed by atoms with van der Waals surface area (Å²) >= 11 is 0. The number of carbonyl (C=O) groups is 1. The molecule has 0 radical (unpaired) electrons. The second-order valence-electron chi connectivity index (χ2n) is 8.64. The van der Waals surface area contributed by atoms with Crippen LogP contribution in [0.3, 0.4) is 0 Å². The quantitative estimate of drug-likeness (QED) is 0.819. The van der Waals surface area contributed by atoms with Gasteiger partial charge in [0.05, 0.1) is 17.9 Å². The summed E-state index contributed by atoms with van der Waals surface area (Å²) in [4.78, 5) is 18.5. The smallest absolute Gasteiger partial charge is 0.227 e. The molecule has 1 aromatic heterocycles. The molecule has 3 rings (SSSR count). The standard InChI is InChI=1S/C21H29FN4O3/c1-13-11-26(12-14(2)28-13)17-7-6-15(10-16(17)22)23-18(27)8-9-19-24-20(25-29-19)21(3,4)5/h6-7,10,13-14H,8-9,11-12H2,1-5H3,(H,23,27)/t13-,14-/m1/s1. The molecule has 0 bridgehead atoms. The van der Waals surface area contributed by atoms with Crippen LogP contribution in [0.2, 0.25) is 0 Å². The highest BCUT2D eigenvalue weighted by atomic mass is 19.1. The molecule has 7 nitrogen and oxygen atoms in total. The highest BCUT2D eigenvalue weighted by molar-refractivity contribution is 5.91. The number of nitrogens with zero attached hydrogens (tertiary/aromatic N) is 3. The number of morpholine rings is 1. The third-order valence-electron chi connectivity index (χ3n) is 4.70. The first-order valence-corrected chi connectivity index (χ1v) is 9.94. The average Bonchev–Trinajstić information content (AvgIpc) is 3.08. The first-order chi connectivity index (χ1) is 13.6. The lowest BCUT2D eigenvalue weighted by Crippen LogP contribution is -2.45. The summed E-state index contributed by atoms with van der Waals surface area (Å²) in [7, 11) is 0. The fourth-order valence-corrected chi connectivity index (χ4v) is 3.32. The van der Waals surface area contributed by atoms with Crippen molar-refractivity contribution in [2.45, 2.75) is 65.1 Å². The molecule has 158 valence electrons. The average molecular weight is 404 g/mol. The van der Waals surface area contributed by atoms with E-state index in [4.69, 9.17) is 9.26 Å². The maximum atomic E-state index is 14.6. The van der Waals surface area contributed by atoms with Crippen molar-refractivity contribution in [3.8, 4) is 0 Å². The lowest BCUT2D eigenvalue weighted by Gasteiger charge is -2.37. The summed E-state index contributed by atoms with van der Waals surface area (Å²) in [5.41, 5.74) is 0.733. The van der Waals surface area contributed by atoms with Gasteiger partial charge in [-0.2, -0.15) is 4.98 Å². The Morgan fingerprint density at radius 1 is 1.28 bits per heavy atom. The third-order valence-corrected chi connectivity index (χ3v) is 4.70. The van der Waals surface area contributed by atoms with E-state index >= 15 is 0 Å². The molecule has 0 unspecified atom stereocenters. The predicted molar refractivity (Wildman–Crippen MR) is 109 cm³/mol. The van der Waals surface area contributed by atoms with Crippen LogP contribution in [0.25, 0.3) is 0 Å². The number of amides is 1. The molecule has 29 heavy (non-hydrogen) atoms. The van der Waals surface area contributed by atoms with Crippen molar-refractivity contribution in [3.63, 3.8) is 0 Å². The highest BCUT2D eigenvalue weighted by Crippen LogP contribution is 2.26. The van der Waals surface area contributed by atoms with E-state index in [0.29, 0.717) is 42.6 Å². The Kier molecular flexibility index (Phi) is 6.21. The second kappa shape index (κ2) is 8.49. The van der Waals surface area contributed by atoms with Crippen molar-refractivity contribution in [2.24, 2.45) is 0 Å². The number of halogens is 1. The van der Waals surface area contributed by atoms with E-state index in [-0.39, 0.29) is 35.8 Å². The van der Waals surface area contributed by atoms with Gasteiger partial charge in [0, 0.05) is 37.0 Å². The molecule has 2 heterocycles. The van der Waals surface area contributed by atoms with Gasteiger partial charge in [-0.3, -0.25) is 4.79 Å². The molecular formula is C21H29FN4O3. The van der Waals surface area contributed by atoms with Crippen LogP contribution in [0.4, 0.5) is 15.8 Å². The molecule has 1 aliphatic rings. The summed E-state index contributed by atoms with van der Waals surface area (Å²) in [6, 6.07) is 4.76. The van der Waals surface area contributed by atoms with Crippen LogP contribution in [-0.2, 0) is 21.4 Å². The van der Waals surface area contributed by atoms with Crippen LogP contribution in [0, 0.1) is 5.82 Å². The zero-order valence-corrected chi connectivity index (χ0v) is 17.7. The molecule has 1 fully saturated rings. The zero-order valence-electron chi connectivity index (χ0n) is 17.7. The van der Waals surface area contributed by atoms with Gasteiger partial charge in [-0.1, -0.05) is 25.9 Å². The summed E-state index contributed by atoms with van der Waals surface area (Å²) in [5.74, 6) is 0.427. The van der Waals surface area contributed by atoms with E-state index in [1.54, 1.807) is 12.1 Å². The Morgan fingerprint density at radius 2 is 1.97 bits per heavy atom. The van der Waals surface area contributed by atoms with Gasteiger partial charge in [-0.05, 0) is 32.0 Å². The van der Waals surface area contributed by atoms with Crippen LogP contribution >= 0.6 is 0 Å². The van der Waals surface area contributed by atoms with Crippen molar-refractivity contribution in [3.05, 3.63) is 35.7 Å². The van der Waals surface area contributed by atoms with Gasteiger partial charge in [-0.15, -0.1) is 0 Å². The Hall–Kier alpha value is -2.48. The lowest BCUT2D eigenvalue weighted by molar-refractivity contribution is -0.116. The first-order valence-electron chi connectivity index (χ1n) is 9.94. The minimum absolute atomic E-state index is 0.0426. The SMILES string of the molecule is C[C@@H]1CN(c2ccc(NC(=O)CCc3nc(C(C)(C)C)no3)cc2F)C[C@@H](C)O1. The molecule has 2 atom stereocenters. The van der Waals surface area contributed by atoms with Crippen molar-refractivity contribution < 1.29 is 18.4 Å². The molecule has 0 aliphatic carbocycles. The maximum Gasteiger partial charge on any atom is 0.227 e. The Morgan fingerprint density at radius 3 is 2.55 bits per heavy atom. The fourth-order valence-electron chi connectivity index (χ4n) is 3.32. The summed E-state index contributed by atoms with van der Waals surface area (Å²) in [6.45, 7) is 11.2. The first kappa shape index (κ1) is 21.2. The summed E-state index contributed by atoms with van der Waals surface area (Å²) in [5, 5.41) is 6.67. The van der Waals surface area contributed by atoms with E-state index in [1.807, 2.05) is 39.5 Å². The molecule has 1 amide bonds. The van der Waals surface area contributed by atoms with Crippen molar-refractivity contribution in [1.29, 1.82) is 0 Å². The number of aryl methyl sites for hydroxylation is 1. The number of aromatic nitrogens is 2. The van der Waals surface area contributed by atoms with Crippen molar-refractivity contribution in [2.75, 3.05) is 23.3 Å². The summed E-state index contributed by atoms with van der Waals surface area (Å²) in [6.07, 6.45) is 0.592. The molecule has 2 aromatic rings. The van der Waals surface area contributed by atoms with Gasteiger partial charge in [-0.25, -0.2) is 4.39 Å². The monoisotopic (exact) mass is 404 g/mol. The topological polar surface area (TPSA) is 80.5 Å². The Bertz CT molecular complexity index is 852. The van der Waals surface area contributed by atoms with Gasteiger partial charge >= 0.3 is 0 Å².